The van der Waals surface area contributed by atoms with E-state index in [2.05, 4.69) is 10.3 Å². The minimum Gasteiger partial charge on any atom is -0.324 e. The van der Waals surface area contributed by atoms with Gasteiger partial charge in [-0.3, -0.25) is 9.79 Å². The first-order chi connectivity index (χ1) is 15.0. The molecule has 2 aromatic rings. The number of nitrogens with zero attached hydrogens (tertiary/aromatic N) is 2. The number of carbonyl (C=O) groups is 1. The normalized spacial score (nSPS) is 21.7. The molecule has 1 saturated heterocycles. The first kappa shape index (κ1) is 22.6. The van der Waals surface area contributed by atoms with Crippen molar-refractivity contribution in [3.05, 3.63) is 59.9 Å². The molecule has 170 valence electrons. The second kappa shape index (κ2) is 8.39. The van der Waals surface area contributed by atoms with Crippen molar-refractivity contribution < 1.29 is 30.8 Å². The summed E-state index contributed by atoms with van der Waals surface area (Å²) in [6.45, 7) is -0.393. The Kier molecular flexibility index (Phi) is 5.93. The molecule has 12 heteroatoms. The van der Waals surface area contributed by atoms with E-state index in [9.17, 15) is 30.8 Å². The summed E-state index contributed by atoms with van der Waals surface area (Å²) in [6.07, 6.45) is -4.64. The van der Waals surface area contributed by atoms with Crippen LogP contribution in [0.15, 0.2) is 53.5 Å². The Morgan fingerprint density at radius 1 is 1.12 bits per heavy atom. The summed E-state index contributed by atoms with van der Waals surface area (Å²) < 4.78 is 76.8. The molecule has 1 amide bonds. The summed E-state index contributed by atoms with van der Waals surface area (Å²) in [5, 5.41) is 2.34. The smallest absolute Gasteiger partial charge is 0.324 e. The highest BCUT2D eigenvalue weighted by atomic mass is 32.2. The average Bonchev–Trinajstić information content (AvgIpc) is 3.20. The molecule has 2 aromatic carbocycles. The first-order valence-corrected chi connectivity index (χ1v) is 12.2. The van der Waals surface area contributed by atoms with Crippen LogP contribution in [-0.4, -0.2) is 48.8 Å². The Bertz CT molecular complexity index is 1170. The van der Waals surface area contributed by atoms with Crippen LogP contribution in [0.25, 0.3) is 0 Å². The number of rotatable bonds is 4. The molecule has 4 rings (SSSR count). The van der Waals surface area contributed by atoms with Crippen LogP contribution < -0.4 is 10.2 Å². The lowest BCUT2D eigenvalue weighted by molar-refractivity contribution is -0.137. The molecular weight excluding hydrogens is 470 g/mol. The Hall–Kier alpha value is -2.60. The van der Waals surface area contributed by atoms with Gasteiger partial charge in [0.05, 0.1) is 28.8 Å². The Morgan fingerprint density at radius 2 is 1.81 bits per heavy atom. The third kappa shape index (κ3) is 4.90. The van der Waals surface area contributed by atoms with Crippen LogP contribution in [0.4, 0.5) is 28.9 Å². The van der Waals surface area contributed by atoms with E-state index < -0.39 is 45.9 Å². The van der Waals surface area contributed by atoms with Gasteiger partial charge in [-0.05, 0) is 36.4 Å². The molecule has 2 aliphatic rings. The van der Waals surface area contributed by atoms with E-state index in [1.165, 1.54) is 53.1 Å². The molecule has 2 heterocycles. The van der Waals surface area contributed by atoms with E-state index in [0.29, 0.717) is 10.9 Å². The van der Waals surface area contributed by atoms with E-state index in [4.69, 9.17) is 0 Å². The van der Waals surface area contributed by atoms with Crippen molar-refractivity contribution in [1.82, 2.24) is 0 Å². The fourth-order valence-corrected chi connectivity index (χ4v) is 7.31. The number of sulfone groups is 1. The number of amides is 1. The molecular formula is C20H17F4N3O3S2. The number of alkyl halides is 3. The lowest BCUT2D eigenvalue weighted by atomic mass is 10.1. The molecule has 2 unspecified atom stereocenters. The fraction of sp³-hybridized carbons (Fsp3) is 0.300. The number of benzene rings is 2. The fourth-order valence-electron chi connectivity index (χ4n) is 3.53. The Labute approximate surface area is 185 Å². The molecule has 0 saturated carbocycles. The maximum atomic E-state index is 13.4. The highest BCUT2D eigenvalue weighted by molar-refractivity contribution is 8.15. The van der Waals surface area contributed by atoms with Crippen molar-refractivity contribution in [3.63, 3.8) is 0 Å². The van der Waals surface area contributed by atoms with Gasteiger partial charge in [-0.25, -0.2) is 12.8 Å². The predicted octanol–water partition coefficient (Wildman–Crippen LogP) is 3.56. The van der Waals surface area contributed by atoms with Gasteiger partial charge in [-0.1, -0.05) is 23.9 Å². The van der Waals surface area contributed by atoms with Gasteiger partial charge >= 0.3 is 6.18 Å². The summed E-state index contributed by atoms with van der Waals surface area (Å²) >= 11 is 1.19. The summed E-state index contributed by atoms with van der Waals surface area (Å²) in [7, 11) is -3.19. The number of halogens is 4. The van der Waals surface area contributed by atoms with Gasteiger partial charge in [-0.2, -0.15) is 13.2 Å². The SMILES string of the molecule is O=C(CN(C1=NC2CS(=O)(=O)CC2S1)c1ccc(F)cc1)Nc1ccccc1C(F)(F)F. The van der Waals surface area contributed by atoms with Crippen LogP contribution in [0.2, 0.25) is 0 Å². The van der Waals surface area contributed by atoms with Crippen molar-refractivity contribution >= 4 is 44.0 Å². The van der Waals surface area contributed by atoms with Gasteiger partial charge in [0.2, 0.25) is 5.91 Å². The highest BCUT2D eigenvalue weighted by Crippen LogP contribution is 2.37. The summed E-state index contributed by atoms with van der Waals surface area (Å²) in [5.41, 5.74) is -0.957. The van der Waals surface area contributed by atoms with Crippen LogP contribution in [0, 0.1) is 5.82 Å². The van der Waals surface area contributed by atoms with Gasteiger partial charge < -0.3 is 10.2 Å². The molecule has 32 heavy (non-hydrogen) atoms. The van der Waals surface area contributed by atoms with Crippen LogP contribution in [0.1, 0.15) is 5.56 Å². The Balaban J connectivity index is 1.58. The zero-order valence-corrected chi connectivity index (χ0v) is 18.0. The van der Waals surface area contributed by atoms with Gasteiger partial charge in [0.25, 0.3) is 0 Å². The summed E-state index contributed by atoms with van der Waals surface area (Å²) in [6, 6.07) is 9.36. The second-order valence-electron chi connectivity index (χ2n) is 7.37. The average molecular weight is 488 g/mol. The maximum absolute atomic E-state index is 13.4. The van der Waals surface area contributed by atoms with Crippen molar-refractivity contribution in [2.75, 3.05) is 28.3 Å². The number of amidine groups is 1. The number of anilines is 2. The summed E-state index contributed by atoms with van der Waals surface area (Å²) in [5.74, 6) is -1.38. The van der Waals surface area contributed by atoms with Crippen molar-refractivity contribution in [3.8, 4) is 0 Å². The number of hydrogen-bond donors (Lipinski definition) is 1. The standard InChI is InChI=1S/C20H17F4N3O3S2/c21-12-5-7-13(8-6-12)27(19-26-16-10-32(29,30)11-17(16)31-19)9-18(28)25-15-4-2-1-3-14(15)20(22,23)24/h1-8,16-17H,9-11H2,(H,25,28). The second-order valence-corrected chi connectivity index (χ2v) is 10.7. The third-order valence-corrected chi connectivity index (χ3v) is 8.23. The molecule has 1 N–H and O–H groups in total. The van der Waals surface area contributed by atoms with Crippen molar-refractivity contribution in [1.29, 1.82) is 0 Å². The quantitative estimate of drug-likeness (QED) is 0.668. The lowest BCUT2D eigenvalue weighted by Crippen LogP contribution is -2.37. The molecule has 0 aliphatic carbocycles. The number of para-hydroxylation sites is 1. The van der Waals surface area contributed by atoms with E-state index in [1.807, 2.05) is 0 Å². The number of thioether (sulfide) groups is 1. The van der Waals surface area contributed by atoms with Crippen LogP contribution in [0.3, 0.4) is 0 Å². The lowest BCUT2D eigenvalue weighted by Gasteiger charge is -2.24. The number of fused-ring (bicyclic) bond motifs is 1. The molecule has 0 aromatic heterocycles. The van der Waals surface area contributed by atoms with E-state index in [-0.39, 0.29) is 22.4 Å². The Morgan fingerprint density at radius 3 is 2.47 bits per heavy atom. The number of carbonyl (C=O) groups excluding carboxylic acids is 1. The monoisotopic (exact) mass is 487 g/mol. The largest absolute Gasteiger partial charge is 0.418 e. The zero-order valence-electron chi connectivity index (χ0n) is 16.3. The van der Waals surface area contributed by atoms with E-state index >= 15 is 0 Å². The molecule has 2 atom stereocenters. The molecule has 0 radical (unpaired) electrons. The number of hydrogen-bond acceptors (Lipinski definition) is 6. The maximum Gasteiger partial charge on any atom is 0.418 e. The highest BCUT2D eigenvalue weighted by Gasteiger charge is 2.44. The molecule has 6 nitrogen and oxygen atoms in total. The van der Waals surface area contributed by atoms with Crippen LogP contribution in [-0.2, 0) is 20.8 Å². The van der Waals surface area contributed by atoms with E-state index in [0.717, 1.165) is 12.1 Å². The van der Waals surface area contributed by atoms with Gasteiger partial charge in [0.1, 0.15) is 12.4 Å². The van der Waals surface area contributed by atoms with Crippen molar-refractivity contribution in [2.45, 2.75) is 17.5 Å². The van der Waals surface area contributed by atoms with Crippen molar-refractivity contribution in [2.24, 2.45) is 4.99 Å². The minimum absolute atomic E-state index is 0.0439. The van der Waals surface area contributed by atoms with Gasteiger partial charge in [0.15, 0.2) is 15.0 Å². The van der Waals surface area contributed by atoms with Gasteiger partial charge in [-0.15, -0.1) is 0 Å². The third-order valence-electron chi connectivity index (χ3n) is 4.98. The molecule has 0 bridgehead atoms. The summed E-state index contributed by atoms with van der Waals surface area (Å²) in [4.78, 5) is 18.6. The first-order valence-electron chi connectivity index (χ1n) is 9.46. The molecule has 0 spiro atoms. The molecule has 2 aliphatic heterocycles. The van der Waals surface area contributed by atoms with Crippen LogP contribution >= 0.6 is 11.8 Å². The van der Waals surface area contributed by atoms with Crippen LogP contribution in [0.5, 0.6) is 0 Å². The van der Waals surface area contributed by atoms with E-state index in [1.54, 1.807) is 0 Å². The zero-order chi connectivity index (χ0) is 23.1. The topological polar surface area (TPSA) is 78.8 Å². The molecule has 1 fully saturated rings. The minimum atomic E-state index is -4.64. The predicted molar refractivity (Wildman–Crippen MR) is 115 cm³/mol. The van der Waals surface area contributed by atoms with Gasteiger partial charge in [0, 0.05) is 10.9 Å². The number of aliphatic imine (C=N–C) groups is 1. The number of nitrogens with one attached hydrogen (secondary N) is 1.